The maximum Gasteiger partial charge on any atom is 0.298 e. The largest absolute Gasteiger partial charge is 0.298 e. The van der Waals surface area contributed by atoms with Gasteiger partial charge in [-0.05, 0) is 27.4 Å². The molecule has 2 rings (SSSR count). The Morgan fingerprint density at radius 2 is 1.71 bits per heavy atom. The average Bonchev–Trinajstić information content (AvgIpc) is 2.27. The SMILES string of the molecule is O=[N+]([O-])c1cc2ccccc2c([N+](=O)[O-])c1Br. The number of halogens is 1. The van der Waals surface area contributed by atoms with Crippen LogP contribution >= 0.6 is 15.9 Å². The zero-order chi connectivity index (χ0) is 12.6. The first kappa shape index (κ1) is 11.5. The summed E-state index contributed by atoms with van der Waals surface area (Å²) in [5.41, 5.74) is -0.592. The normalized spacial score (nSPS) is 10.4. The van der Waals surface area contributed by atoms with Gasteiger partial charge in [0.2, 0.25) is 0 Å². The van der Waals surface area contributed by atoms with Crippen molar-refractivity contribution in [3.05, 3.63) is 55.0 Å². The Balaban J connectivity index is 2.95. The summed E-state index contributed by atoms with van der Waals surface area (Å²) >= 11 is 2.92. The average molecular weight is 297 g/mol. The number of benzene rings is 2. The van der Waals surface area contributed by atoms with Crippen molar-refractivity contribution in [1.29, 1.82) is 0 Å². The first-order chi connectivity index (χ1) is 8.02. The predicted molar refractivity (Wildman–Crippen MR) is 65.0 cm³/mol. The van der Waals surface area contributed by atoms with Crippen molar-refractivity contribution in [3.8, 4) is 0 Å². The van der Waals surface area contributed by atoms with Crippen molar-refractivity contribution in [2.45, 2.75) is 0 Å². The molecule has 0 spiro atoms. The van der Waals surface area contributed by atoms with Crippen LogP contribution in [0.25, 0.3) is 10.8 Å². The number of hydrogen-bond acceptors (Lipinski definition) is 4. The molecule has 0 heterocycles. The highest BCUT2D eigenvalue weighted by Gasteiger charge is 2.26. The molecular formula is C10H5BrN2O4. The van der Waals surface area contributed by atoms with Crippen LogP contribution in [0.4, 0.5) is 11.4 Å². The summed E-state index contributed by atoms with van der Waals surface area (Å²) < 4.78 is -0.105. The Labute approximate surface area is 103 Å². The van der Waals surface area contributed by atoms with Crippen molar-refractivity contribution in [3.63, 3.8) is 0 Å². The lowest BCUT2D eigenvalue weighted by Crippen LogP contribution is -1.96. The maximum atomic E-state index is 11.0. The Hall–Kier alpha value is -2.02. The summed E-state index contributed by atoms with van der Waals surface area (Å²) in [5, 5.41) is 22.6. The second kappa shape index (κ2) is 4.10. The number of rotatable bonds is 2. The van der Waals surface area contributed by atoms with Gasteiger partial charge in [0.15, 0.2) is 4.47 Å². The third-order valence-electron chi connectivity index (χ3n) is 2.32. The molecule has 0 unspecified atom stereocenters. The standard InChI is InChI=1S/C10H5BrN2O4/c11-9-8(12(14)15)5-6-3-1-2-4-7(6)10(9)13(16)17/h1-5H. The molecule has 7 heteroatoms. The Morgan fingerprint density at radius 1 is 1.06 bits per heavy atom. The van der Waals surface area contributed by atoms with Gasteiger partial charge in [-0.25, -0.2) is 0 Å². The monoisotopic (exact) mass is 296 g/mol. The Morgan fingerprint density at radius 3 is 2.29 bits per heavy atom. The fourth-order valence-electron chi connectivity index (χ4n) is 1.60. The summed E-state index contributed by atoms with van der Waals surface area (Å²) in [6.45, 7) is 0. The predicted octanol–water partition coefficient (Wildman–Crippen LogP) is 3.42. The molecule has 0 amide bonds. The lowest BCUT2D eigenvalue weighted by Gasteiger charge is -2.02. The van der Waals surface area contributed by atoms with Crippen molar-refractivity contribution in [2.75, 3.05) is 0 Å². The van der Waals surface area contributed by atoms with Crippen LogP contribution in [0.1, 0.15) is 0 Å². The minimum Gasteiger partial charge on any atom is -0.258 e. The second-order valence-electron chi connectivity index (χ2n) is 3.29. The van der Waals surface area contributed by atoms with Crippen molar-refractivity contribution in [1.82, 2.24) is 0 Å². The summed E-state index contributed by atoms with van der Waals surface area (Å²) in [7, 11) is 0. The molecule has 0 atom stereocenters. The van der Waals surface area contributed by atoms with Gasteiger partial charge in [0, 0.05) is 6.07 Å². The maximum absolute atomic E-state index is 11.0. The van der Waals surface area contributed by atoms with E-state index in [9.17, 15) is 20.2 Å². The van der Waals surface area contributed by atoms with Crippen LogP contribution in [0.15, 0.2) is 34.8 Å². The van der Waals surface area contributed by atoms with Crippen LogP contribution in [0.5, 0.6) is 0 Å². The number of nitrogens with zero attached hydrogens (tertiary/aromatic N) is 2. The molecule has 0 fully saturated rings. The van der Waals surface area contributed by atoms with Gasteiger partial charge >= 0.3 is 0 Å². The van der Waals surface area contributed by atoms with Gasteiger partial charge in [0.05, 0.1) is 15.2 Å². The molecule has 0 aromatic heterocycles. The first-order valence-electron chi connectivity index (χ1n) is 4.52. The fraction of sp³-hybridized carbons (Fsp3) is 0. The zero-order valence-corrected chi connectivity index (χ0v) is 9.88. The number of fused-ring (bicyclic) bond motifs is 1. The summed E-state index contributed by atoms with van der Waals surface area (Å²) in [5.74, 6) is 0. The van der Waals surface area contributed by atoms with Crippen LogP contribution < -0.4 is 0 Å². The van der Waals surface area contributed by atoms with E-state index >= 15 is 0 Å². The summed E-state index contributed by atoms with van der Waals surface area (Å²) in [6.07, 6.45) is 0. The van der Waals surface area contributed by atoms with E-state index in [1.807, 2.05) is 0 Å². The minimum atomic E-state index is -0.649. The van der Waals surface area contributed by atoms with Gasteiger partial charge in [-0.15, -0.1) is 0 Å². The van der Waals surface area contributed by atoms with E-state index in [2.05, 4.69) is 15.9 Å². The molecule has 17 heavy (non-hydrogen) atoms. The van der Waals surface area contributed by atoms with Crippen LogP contribution in [0.3, 0.4) is 0 Å². The number of nitro groups is 2. The molecule has 6 nitrogen and oxygen atoms in total. The van der Waals surface area contributed by atoms with E-state index < -0.39 is 9.85 Å². The van der Waals surface area contributed by atoms with E-state index in [0.717, 1.165) is 0 Å². The topological polar surface area (TPSA) is 86.3 Å². The molecule has 0 aliphatic heterocycles. The van der Waals surface area contributed by atoms with Gasteiger partial charge in [-0.3, -0.25) is 20.2 Å². The lowest BCUT2D eigenvalue weighted by molar-refractivity contribution is -0.394. The lowest BCUT2D eigenvalue weighted by atomic mass is 10.1. The van der Waals surface area contributed by atoms with Crippen LogP contribution in [0, 0.1) is 20.2 Å². The van der Waals surface area contributed by atoms with E-state index in [-0.39, 0.29) is 15.8 Å². The minimum absolute atomic E-state index is 0.105. The van der Waals surface area contributed by atoms with Crippen molar-refractivity contribution in [2.24, 2.45) is 0 Å². The van der Waals surface area contributed by atoms with Gasteiger partial charge in [0.1, 0.15) is 0 Å². The Bertz CT molecular complexity index is 641. The third-order valence-corrected chi connectivity index (χ3v) is 3.10. The summed E-state index contributed by atoms with van der Waals surface area (Å²) in [4.78, 5) is 20.5. The molecule has 86 valence electrons. The highest BCUT2D eigenvalue weighted by Crippen LogP contribution is 2.40. The van der Waals surface area contributed by atoms with Crippen LogP contribution in [-0.2, 0) is 0 Å². The molecule has 2 aromatic rings. The van der Waals surface area contributed by atoms with Gasteiger partial charge in [-0.1, -0.05) is 18.2 Å². The van der Waals surface area contributed by atoms with Crippen LogP contribution in [0.2, 0.25) is 0 Å². The molecule has 0 radical (unpaired) electrons. The molecule has 0 bridgehead atoms. The van der Waals surface area contributed by atoms with Crippen molar-refractivity contribution >= 4 is 38.1 Å². The van der Waals surface area contributed by atoms with E-state index in [1.54, 1.807) is 24.3 Å². The number of hydrogen-bond donors (Lipinski definition) is 0. The van der Waals surface area contributed by atoms with Crippen molar-refractivity contribution < 1.29 is 9.85 Å². The Kier molecular flexibility index (Phi) is 2.76. The molecule has 0 saturated heterocycles. The molecule has 0 aliphatic carbocycles. The molecule has 2 aromatic carbocycles. The van der Waals surface area contributed by atoms with Gasteiger partial charge in [-0.2, -0.15) is 0 Å². The number of nitro benzene ring substituents is 2. The van der Waals surface area contributed by atoms with E-state index in [1.165, 1.54) is 6.07 Å². The summed E-state index contributed by atoms with van der Waals surface area (Å²) in [6, 6.07) is 7.79. The highest BCUT2D eigenvalue weighted by atomic mass is 79.9. The van der Waals surface area contributed by atoms with Gasteiger partial charge < -0.3 is 0 Å². The van der Waals surface area contributed by atoms with E-state index in [0.29, 0.717) is 10.8 Å². The molecule has 0 aliphatic rings. The first-order valence-corrected chi connectivity index (χ1v) is 5.31. The van der Waals surface area contributed by atoms with Crippen LogP contribution in [-0.4, -0.2) is 9.85 Å². The molecule has 0 N–H and O–H groups in total. The molecule has 0 saturated carbocycles. The second-order valence-corrected chi connectivity index (χ2v) is 4.09. The van der Waals surface area contributed by atoms with Gasteiger partial charge in [0.25, 0.3) is 11.4 Å². The zero-order valence-electron chi connectivity index (χ0n) is 8.29. The molecular weight excluding hydrogens is 292 g/mol. The smallest absolute Gasteiger partial charge is 0.258 e. The van der Waals surface area contributed by atoms with E-state index in [4.69, 9.17) is 0 Å². The fourth-order valence-corrected chi connectivity index (χ4v) is 2.22. The quantitative estimate of drug-likeness (QED) is 0.627. The highest BCUT2D eigenvalue weighted by molar-refractivity contribution is 9.10. The third kappa shape index (κ3) is 1.84.